The summed E-state index contributed by atoms with van der Waals surface area (Å²) < 4.78 is 31.3. The molecule has 1 aromatic carbocycles. The Kier molecular flexibility index (Phi) is 4.90. The first-order valence-corrected chi connectivity index (χ1v) is 7.15. The van der Waals surface area contributed by atoms with E-state index in [9.17, 15) is 13.2 Å². The molecule has 1 aromatic rings. The molecule has 19 heavy (non-hydrogen) atoms. The van der Waals surface area contributed by atoms with Gasteiger partial charge in [0.2, 0.25) is 10.0 Å². The molecule has 0 fully saturated rings. The number of carboxylic acids is 1. The molecular weight excluding hydrogens is 270 g/mol. The number of carbonyl (C=O) groups is 1. The number of benzene rings is 1. The highest BCUT2D eigenvalue weighted by Gasteiger charge is 2.25. The number of ether oxygens (including phenoxy) is 1. The molecule has 0 aliphatic carbocycles. The van der Waals surface area contributed by atoms with Crippen LogP contribution in [0.3, 0.4) is 0 Å². The molecule has 6 nitrogen and oxygen atoms in total. The van der Waals surface area contributed by atoms with E-state index in [1.807, 2.05) is 0 Å². The van der Waals surface area contributed by atoms with Gasteiger partial charge in [-0.1, -0.05) is 6.92 Å². The molecule has 7 heteroatoms. The van der Waals surface area contributed by atoms with E-state index in [4.69, 9.17) is 9.84 Å². The fraction of sp³-hybridized carbons (Fsp3) is 0.417. The van der Waals surface area contributed by atoms with Crippen molar-refractivity contribution in [2.24, 2.45) is 5.92 Å². The number of rotatable bonds is 6. The maximum absolute atomic E-state index is 12.0. The third-order valence-corrected chi connectivity index (χ3v) is 4.43. The molecule has 2 N–H and O–H groups in total. The smallest absolute Gasteiger partial charge is 0.307 e. The summed E-state index contributed by atoms with van der Waals surface area (Å²) in [6.07, 6.45) is 0. The van der Waals surface area contributed by atoms with Crippen LogP contribution >= 0.6 is 0 Å². The average Bonchev–Trinajstić information content (AvgIpc) is 2.37. The maximum atomic E-state index is 12.0. The molecule has 0 saturated carbocycles. The molecule has 1 rings (SSSR count). The minimum Gasteiger partial charge on any atom is -0.497 e. The molecule has 2 unspecified atom stereocenters. The third kappa shape index (κ3) is 3.93. The van der Waals surface area contributed by atoms with E-state index in [-0.39, 0.29) is 4.90 Å². The van der Waals surface area contributed by atoms with Crippen LogP contribution in [0.1, 0.15) is 13.8 Å². The van der Waals surface area contributed by atoms with E-state index >= 15 is 0 Å². The summed E-state index contributed by atoms with van der Waals surface area (Å²) in [5.41, 5.74) is 0. The second kappa shape index (κ2) is 6.03. The molecule has 106 valence electrons. The second-order valence-corrected chi connectivity index (χ2v) is 5.93. The Hall–Kier alpha value is -1.60. The summed E-state index contributed by atoms with van der Waals surface area (Å²) in [5.74, 6) is -1.32. The van der Waals surface area contributed by atoms with Gasteiger partial charge in [0.15, 0.2) is 0 Å². The molecule has 0 spiro atoms. The van der Waals surface area contributed by atoms with Crippen LogP contribution in [0.2, 0.25) is 0 Å². The third-order valence-electron chi connectivity index (χ3n) is 2.85. The summed E-state index contributed by atoms with van der Waals surface area (Å²) in [6, 6.07) is 5.16. The van der Waals surface area contributed by atoms with Crippen molar-refractivity contribution in [2.45, 2.75) is 24.8 Å². The number of sulfonamides is 1. The lowest BCUT2D eigenvalue weighted by atomic mass is 10.1. The van der Waals surface area contributed by atoms with Gasteiger partial charge in [0, 0.05) is 6.04 Å². The Morgan fingerprint density at radius 1 is 1.26 bits per heavy atom. The molecule has 0 aliphatic heterocycles. The minimum atomic E-state index is -3.73. The van der Waals surface area contributed by atoms with Crippen molar-refractivity contribution in [3.05, 3.63) is 24.3 Å². The molecule has 2 atom stereocenters. The molecule has 0 amide bonds. The lowest BCUT2D eigenvalue weighted by Crippen LogP contribution is -2.39. The first kappa shape index (κ1) is 15.5. The number of hydrogen-bond acceptors (Lipinski definition) is 4. The standard InChI is InChI=1S/C12H17NO5S/c1-8(12(14)15)9(2)13-19(16,17)11-6-4-10(18-3)5-7-11/h4-9,13H,1-3H3,(H,14,15). The van der Waals surface area contributed by atoms with Crippen LogP contribution in [-0.4, -0.2) is 32.6 Å². The molecule has 0 saturated heterocycles. The van der Waals surface area contributed by atoms with E-state index in [1.54, 1.807) is 0 Å². The first-order chi connectivity index (χ1) is 8.77. The second-order valence-electron chi connectivity index (χ2n) is 4.21. The topological polar surface area (TPSA) is 92.7 Å². The quantitative estimate of drug-likeness (QED) is 0.816. The number of aliphatic carboxylic acids is 1. The van der Waals surface area contributed by atoms with Gasteiger partial charge in [-0.15, -0.1) is 0 Å². The highest BCUT2D eigenvalue weighted by atomic mass is 32.2. The lowest BCUT2D eigenvalue weighted by molar-refractivity contribution is -0.141. The summed E-state index contributed by atoms with van der Waals surface area (Å²) in [5, 5.41) is 8.84. The largest absolute Gasteiger partial charge is 0.497 e. The van der Waals surface area contributed by atoms with Gasteiger partial charge >= 0.3 is 5.97 Å². The van der Waals surface area contributed by atoms with Crippen LogP contribution in [0.15, 0.2) is 29.2 Å². The highest BCUT2D eigenvalue weighted by Crippen LogP contribution is 2.16. The van der Waals surface area contributed by atoms with Crippen molar-refractivity contribution < 1.29 is 23.1 Å². The van der Waals surface area contributed by atoms with Gasteiger partial charge in [0.05, 0.1) is 17.9 Å². The number of carboxylic acid groups (broad SMARTS) is 1. The zero-order chi connectivity index (χ0) is 14.6. The van der Waals surface area contributed by atoms with Crippen molar-refractivity contribution in [2.75, 3.05) is 7.11 Å². The zero-order valence-electron chi connectivity index (χ0n) is 11.0. The molecule has 0 aliphatic rings. The Balaban J connectivity index is 2.88. The number of methoxy groups -OCH3 is 1. The van der Waals surface area contributed by atoms with E-state index in [0.29, 0.717) is 5.75 Å². The van der Waals surface area contributed by atoms with Crippen molar-refractivity contribution in [3.63, 3.8) is 0 Å². The molecular formula is C12H17NO5S. The van der Waals surface area contributed by atoms with Crippen LogP contribution in [0.25, 0.3) is 0 Å². The van der Waals surface area contributed by atoms with Gasteiger partial charge in [-0.05, 0) is 31.2 Å². The summed E-state index contributed by atoms with van der Waals surface area (Å²) in [6.45, 7) is 2.96. The maximum Gasteiger partial charge on any atom is 0.307 e. The minimum absolute atomic E-state index is 0.0674. The van der Waals surface area contributed by atoms with Gasteiger partial charge in [-0.2, -0.15) is 0 Å². The van der Waals surface area contributed by atoms with Crippen molar-refractivity contribution >= 4 is 16.0 Å². The van der Waals surface area contributed by atoms with Crippen molar-refractivity contribution in [1.29, 1.82) is 0 Å². The van der Waals surface area contributed by atoms with Crippen LogP contribution in [0.4, 0.5) is 0 Å². The number of hydrogen-bond donors (Lipinski definition) is 2. The van der Waals surface area contributed by atoms with Crippen LogP contribution in [0, 0.1) is 5.92 Å². The van der Waals surface area contributed by atoms with Gasteiger partial charge < -0.3 is 9.84 Å². The van der Waals surface area contributed by atoms with Crippen LogP contribution in [0.5, 0.6) is 5.75 Å². The summed E-state index contributed by atoms with van der Waals surface area (Å²) >= 11 is 0. The van der Waals surface area contributed by atoms with Crippen molar-refractivity contribution in [1.82, 2.24) is 4.72 Å². The number of nitrogens with one attached hydrogen (secondary N) is 1. The van der Waals surface area contributed by atoms with Gasteiger partial charge in [0.25, 0.3) is 0 Å². The van der Waals surface area contributed by atoms with E-state index < -0.39 is 28.0 Å². The van der Waals surface area contributed by atoms with E-state index in [0.717, 1.165) is 0 Å². The Bertz CT molecular complexity index is 538. The van der Waals surface area contributed by atoms with Gasteiger partial charge in [-0.25, -0.2) is 13.1 Å². The fourth-order valence-electron chi connectivity index (χ4n) is 1.38. The lowest BCUT2D eigenvalue weighted by Gasteiger charge is -2.17. The average molecular weight is 287 g/mol. The SMILES string of the molecule is COc1ccc(S(=O)(=O)NC(C)C(C)C(=O)O)cc1. The van der Waals surface area contributed by atoms with Crippen LogP contribution < -0.4 is 9.46 Å². The van der Waals surface area contributed by atoms with Gasteiger partial charge in [0.1, 0.15) is 5.75 Å². The predicted molar refractivity (Wildman–Crippen MR) is 69.6 cm³/mol. The Morgan fingerprint density at radius 3 is 2.21 bits per heavy atom. The molecule has 0 bridgehead atoms. The first-order valence-electron chi connectivity index (χ1n) is 5.67. The van der Waals surface area contributed by atoms with E-state index in [1.165, 1.54) is 45.2 Å². The molecule has 0 aromatic heterocycles. The van der Waals surface area contributed by atoms with Crippen LogP contribution in [-0.2, 0) is 14.8 Å². The summed E-state index contributed by atoms with van der Waals surface area (Å²) in [4.78, 5) is 10.9. The Labute approximate surface area is 112 Å². The normalized spacial score (nSPS) is 14.7. The zero-order valence-corrected chi connectivity index (χ0v) is 11.8. The van der Waals surface area contributed by atoms with Crippen molar-refractivity contribution in [3.8, 4) is 5.75 Å². The fourth-order valence-corrected chi connectivity index (χ4v) is 2.71. The predicted octanol–water partition coefficient (Wildman–Crippen LogP) is 1.08. The summed E-state index contributed by atoms with van der Waals surface area (Å²) in [7, 11) is -2.25. The van der Waals surface area contributed by atoms with Gasteiger partial charge in [-0.3, -0.25) is 4.79 Å². The molecule has 0 heterocycles. The monoisotopic (exact) mass is 287 g/mol. The Morgan fingerprint density at radius 2 is 1.79 bits per heavy atom. The highest BCUT2D eigenvalue weighted by molar-refractivity contribution is 7.89. The van der Waals surface area contributed by atoms with E-state index in [2.05, 4.69) is 4.72 Å². The molecule has 0 radical (unpaired) electrons.